The van der Waals surface area contributed by atoms with Crippen molar-refractivity contribution in [2.45, 2.75) is 6.92 Å². The van der Waals surface area contributed by atoms with E-state index in [4.69, 9.17) is 0 Å². The summed E-state index contributed by atoms with van der Waals surface area (Å²) in [7, 11) is 1.90. The molecule has 2 aromatic rings. The molecule has 4 heteroatoms. The Morgan fingerprint density at radius 1 is 1.50 bits per heavy atom. The number of thiophene rings is 1. The fourth-order valence-corrected chi connectivity index (χ4v) is 1.63. The minimum atomic E-state index is 0.824. The fraction of sp³-hybridized carbons (Fsp3) is 0.250. The van der Waals surface area contributed by atoms with Crippen LogP contribution in [-0.2, 0) is 7.05 Å². The highest BCUT2D eigenvalue weighted by Crippen LogP contribution is 2.20. The van der Waals surface area contributed by atoms with Gasteiger partial charge >= 0.3 is 0 Å². The van der Waals surface area contributed by atoms with E-state index in [1.165, 1.54) is 0 Å². The van der Waals surface area contributed by atoms with Crippen LogP contribution in [0.2, 0.25) is 0 Å². The van der Waals surface area contributed by atoms with Crippen molar-refractivity contribution < 1.29 is 0 Å². The zero-order valence-electron chi connectivity index (χ0n) is 6.98. The van der Waals surface area contributed by atoms with Gasteiger partial charge in [0.05, 0.1) is 4.88 Å². The molecule has 0 amide bonds. The smallest absolute Gasteiger partial charge is 0.191 e. The van der Waals surface area contributed by atoms with Crippen molar-refractivity contribution in [2.75, 3.05) is 0 Å². The van der Waals surface area contributed by atoms with E-state index in [2.05, 4.69) is 10.1 Å². The van der Waals surface area contributed by atoms with E-state index in [0.717, 1.165) is 16.5 Å². The third kappa shape index (κ3) is 1.14. The molecule has 0 aliphatic carbocycles. The zero-order valence-corrected chi connectivity index (χ0v) is 7.80. The molecular weight excluding hydrogens is 170 g/mol. The lowest BCUT2D eigenvalue weighted by Crippen LogP contribution is -1.92. The summed E-state index contributed by atoms with van der Waals surface area (Å²) in [6.45, 7) is 1.95. The second kappa shape index (κ2) is 2.71. The van der Waals surface area contributed by atoms with Gasteiger partial charge in [0.2, 0.25) is 0 Å². The largest absolute Gasteiger partial charge is 0.253 e. The van der Waals surface area contributed by atoms with Gasteiger partial charge in [-0.05, 0) is 18.4 Å². The molecule has 0 spiro atoms. The highest BCUT2D eigenvalue weighted by atomic mass is 32.1. The summed E-state index contributed by atoms with van der Waals surface area (Å²) in [5.74, 6) is 1.77. The molecule has 62 valence electrons. The number of aromatic nitrogens is 3. The van der Waals surface area contributed by atoms with E-state index in [1.54, 1.807) is 16.0 Å². The third-order valence-electron chi connectivity index (χ3n) is 1.72. The topological polar surface area (TPSA) is 30.7 Å². The molecule has 0 fully saturated rings. The molecular formula is C8H9N3S. The molecule has 0 unspecified atom stereocenters. The van der Waals surface area contributed by atoms with Crippen LogP contribution < -0.4 is 0 Å². The summed E-state index contributed by atoms with van der Waals surface area (Å²) in [5, 5.41) is 6.30. The Morgan fingerprint density at radius 3 is 2.83 bits per heavy atom. The van der Waals surface area contributed by atoms with Gasteiger partial charge in [-0.2, -0.15) is 5.10 Å². The molecule has 0 radical (unpaired) electrons. The minimum Gasteiger partial charge on any atom is -0.253 e. The van der Waals surface area contributed by atoms with Crippen LogP contribution in [0, 0.1) is 6.92 Å². The van der Waals surface area contributed by atoms with Crippen LogP contribution in [0.3, 0.4) is 0 Å². The lowest BCUT2D eigenvalue weighted by molar-refractivity contribution is 0.736. The Labute approximate surface area is 74.7 Å². The van der Waals surface area contributed by atoms with Gasteiger partial charge in [0.1, 0.15) is 5.82 Å². The monoisotopic (exact) mass is 179 g/mol. The Balaban J connectivity index is 2.48. The number of hydrogen-bond donors (Lipinski definition) is 0. The summed E-state index contributed by atoms with van der Waals surface area (Å²) in [5.41, 5.74) is 0. The SMILES string of the molecule is Cc1nc(-c2cccs2)nn1C. The van der Waals surface area contributed by atoms with Gasteiger partial charge in [-0.3, -0.25) is 4.68 Å². The van der Waals surface area contributed by atoms with E-state index in [0.29, 0.717) is 0 Å². The van der Waals surface area contributed by atoms with Crippen molar-refractivity contribution in [3.8, 4) is 10.7 Å². The fourth-order valence-electron chi connectivity index (χ4n) is 0.973. The molecule has 2 aromatic heterocycles. The van der Waals surface area contributed by atoms with Crippen molar-refractivity contribution >= 4 is 11.3 Å². The molecule has 0 aliphatic heterocycles. The minimum absolute atomic E-state index is 0.824. The van der Waals surface area contributed by atoms with Gasteiger partial charge in [-0.15, -0.1) is 11.3 Å². The maximum Gasteiger partial charge on any atom is 0.191 e. The van der Waals surface area contributed by atoms with Crippen LogP contribution >= 0.6 is 11.3 Å². The second-order valence-electron chi connectivity index (χ2n) is 2.58. The van der Waals surface area contributed by atoms with Gasteiger partial charge in [0.25, 0.3) is 0 Å². The summed E-state index contributed by atoms with van der Waals surface area (Å²) >= 11 is 1.66. The molecule has 0 bridgehead atoms. The first-order valence-corrected chi connectivity index (χ1v) is 4.57. The molecule has 0 saturated carbocycles. The van der Waals surface area contributed by atoms with Crippen LogP contribution in [-0.4, -0.2) is 14.8 Å². The van der Waals surface area contributed by atoms with Crippen molar-refractivity contribution in [1.82, 2.24) is 14.8 Å². The standard InChI is InChI=1S/C8H9N3S/c1-6-9-8(10-11(6)2)7-4-3-5-12-7/h3-5H,1-2H3. The van der Waals surface area contributed by atoms with Crippen LogP contribution in [0.4, 0.5) is 0 Å². The lowest BCUT2D eigenvalue weighted by Gasteiger charge is -1.85. The van der Waals surface area contributed by atoms with E-state index >= 15 is 0 Å². The zero-order chi connectivity index (χ0) is 8.55. The van der Waals surface area contributed by atoms with E-state index in [9.17, 15) is 0 Å². The summed E-state index contributed by atoms with van der Waals surface area (Å²) in [6.07, 6.45) is 0. The van der Waals surface area contributed by atoms with Crippen molar-refractivity contribution in [1.29, 1.82) is 0 Å². The first-order valence-electron chi connectivity index (χ1n) is 3.69. The van der Waals surface area contributed by atoms with Gasteiger partial charge in [-0.1, -0.05) is 6.07 Å². The first kappa shape index (κ1) is 7.49. The van der Waals surface area contributed by atoms with Gasteiger partial charge in [-0.25, -0.2) is 4.98 Å². The lowest BCUT2D eigenvalue weighted by atomic mass is 10.4. The van der Waals surface area contributed by atoms with Gasteiger partial charge < -0.3 is 0 Å². The molecule has 0 saturated heterocycles. The molecule has 2 rings (SSSR count). The maximum atomic E-state index is 4.31. The molecule has 12 heavy (non-hydrogen) atoms. The van der Waals surface area contributed by atoms with E-state index in [1.807, 2.05) is 31.5 Å². The summed E-state index contributed by atoms with van der Waals surface area (Å²) in [6, 6.07) is 4.03. The highest BCUT2D eigenvalue weighted by Gasteiger charge is 2.05. The molecule has 2 heterocycles. The highest BCUT2D eigenvalue weighted by molar-refractivity contribution is 7.13. The van der Waals surface area contributed by atoms with E-state index < -0.39 is 0 Å². The Kier molecular flexibility index (Phi) is 1.69. The molecule has 3 nitrogen and oxygen atoms in total. The average Bonchev–Trinajstić information content (AvgIpc) is 2.61. The number of hydrogen-bond acceptors (Lipinski definition) is 3. The van der Waals surface area contributed by atoms with Crippen molar-refractivity contribution in [2.24, 2.45) is 7.05 Å². The summed E-state index contributed by atoms with van der Waals surface area (Å²) in [4.78, 5) is 5.44. The normalized spacial score (nSPS) is 10.5. The number of rotatable bonds is 1. The van der Waals surface area contributed by atoms with Gasteiger partial charge in [0, 0.05) is 7.05 Å². The molecule has 0 aliphatic rings. The second-order valence-corrected chi connectivity index (χ2v) is 3.53. The quantitative estimate of drug-likeness (QED) is 0.669. The maximum absolute atomic E-state index is 4.31. The van der Waals surface area contributed by atoms with Crippen molar-refractivity contribution in [3.05, 3.63) is 23.3 Å². The van der Waals surface area contributed by atoms with Crippen LogP contribution in [0.1, 0.15) is 5.82 Å². The average molecular weight is 179 g/mol. The predicted octanol–water partition coefficient (Wildman–Crippen LogP) is 1.85. The third-order valence-corrected chi connectivity index (χ3v) is 2.59. The Morgan fingerprint density at radius 2 is 2.33 bits per heavy atom. The number of aryl methyl sites for hydroxylation is 2. The van der Waals surface area contributed by atoms with Crippen LogP contribution in [0.25, 0.3) is 10.7 Å². The Bertz CT molecular complexity index is 355. The van der Waals surface area contributed by atoms with Gasteiger partial charge in [0.15, 0.2) is 5.82 Å². The molecule has 0 N–H and O–H groups in total. The van der Waals surface area contributed by atoms with Crippen LogP contribution in [0.5, 0.6) is 0 Å². The molecule has 0 atom stereocenters. The molecule has 0 aromatic carbocycles. The van der Waals surface area contributed by atoms with Crippen LogP contribution in [0.15, 0.2) is 17.5 Å². The predicted molar refractivity (Wildman–Crippen MR) is 49.1 cm³/mol. The Hall–Kier alpha value is -1.16. The first-order chi connectivity index (χ1) is 5.77. The van der Waals surface area contributed by atoms with Crippen molar-refractivity contribution in [3.63, 3.8) is 0 Å². The number of nitrogens with zero attached hydrogens (tertiary/aromatic N) is 3. The summed E-state index contributed by atoms with van der Waals surface area (Å²) < 4.78 is 1.79. The van der Waals surface area contributed by atoms with E-state index in [-0.39, 0.29) is 0 Å².